The van der Waals surface area contributed by atoms with E-state index >= 15 is 0 Å². The van der Waals surface area contributed by atoms with Crippen molar-refractivity contribution in [2.24, 2.45) is 5.92 Å². The number of nitrogens with zero attached hydrogens (tertiary/aromatic N) is 3. The highest BCUT2D eigenvalue weighted by molar-refractivity contribution is 5.95. The second-order valence-electron chi connectivity index (χ2n) is 7.51. The van der Waals surface area contributed by atoms with Crippen molar-refractivity contribution in [1.82, 2.24) is 9.88 Å². The van der Waals surface area contributed by atoms with Crippen LogP contribution in [0.25, 0.3) is 0 Å². The maximum Gasteiger partial charge on any atom is 0.253 e. The van der Waals surface area contributed by atoms with Crippen molar-refractivity contribution < 1.29 is 19.0 Å². The van der Waals surface area contributed by atoms with Crippen LogP contribution in [0.4, 0.5) is 5.69 Å². The van der Waals surface area contributed by atoms with E-state index in [-0.39, 0.29) is 12.5 Å². The molecule has 0 radical (unpaired) electrons. The van der Waals surface area contributed by atoms with Crippen molar-refractivity contribution in [2.75, 3.05) is 64.1 Å². The Morgan fingerprint density at radius 1 is 1.19 bits per heavy atom. The van der Waals surface area contributed by atoms with Gasteiger partial charge in [0.15, 0.2) is 0 Å². The first-order valence-electron chi connectivity index (χ1n) is 9.46. The number of hydrogen-bond donors (Lipinski definition) is 0. The van der Waals surface area contributed by atoms with Crippen LogP contribution in [-0.4, -0.2) is 80.6 Å². The van der Waals surface area contributed by atoms with Gasteiger partial charge in [0.05, 0.1) is 31.6 Å². The number of morpholine rings is 1. The molecule has 1 atom stereocenters. The van der Waals surface area contributed by atoms with Gasteiger partial charge < -0.3 is 19.1 Å². The Bertz CT molecular complexity index is 608. The fraction of sp³-hybridized carbons (Fsp3) is 0.684. The van der Waals surface area contributed by atoms with Crippen molar-refractivity contribution in [1.29, 1.82) is 0 Å². The van der Waals surface area contributed by atoms with Crippen molar-refractivity contribution >= 4 is 11.6 Å². The second-order valence-corrected chi connectivity index (χ2v) is 7.51. The molecule has 0 saturated carbocycles. The average molecular weight is 361 g/mol. The predicted molar refractivity (Wildman–Crippen MR) is 96.1 cm³/mol. The van der Waals surface area contributed by atoms with Crippen LogP contribution >= 0.6 is 0 Å². The Hall–Kier alpha value is -1.54. The maximum atomic E-state index is 12.4. The van der Waals surface area contributed by atoms with Crippen molar-refractivity contribution in [3.05, 3.63) is 24.5 Å². The van der Waals surface area contributed by atoms with Crippen LogP contribution in [0.5, 0.6) is 0 Å². The Balaban J connectivity index is 1.47. The van der Waals surface area contributed by atoms with Gasteiger partial charge in [0, 0.05) is 39.0 Å². The Morgan fingerprint density at radius 2 is 2.08 bits per heavy atom. The third-order valence-electron chi connectivity index (χ3n) is 5.49. The maximum absolute atomic E-state index is 12.4. The third-order valence-corrected chi connectivity index (χ3v) is 5.49. The van der Waals surface area contributed by atoms with Gasteiger partial charge in [0.2, 0.25) is 0 Å². The fourth-order valence-corrected chi connectivity index (χ4v) is 4.08. The highest BCUT2D eigenvalue weighted by Gasteiger charge is 2.43. The largest absolute Gasteiger partial charge is 0.381 e. The molecule has 0 aromatic carbocycles. The highest BCUT2D eigenvalue weighted by atomic mass is 16.6. The molecule has 4 heterocycles. The molecular formula is C19H27N3O4. The van der Waals surface area contributed by atoms with Crippen molar-refractivity contribution in [3.8, 4) is 0 Å². The fourth-order valence-electron chi connectivity index (χ4n) is 4.08. The Labute approximate surface area is 154 Å². The SMILES string of the molecule is O=C1COC2(COCCN(CC3CCOCC3)C2)CN1c1cccnc1. The van der Waals surface area contributed by atoms with Crippen LogP contribution in [-0.2, 0) is 19.0 Å². The number of pyridine rings is 1. The molecule has 1 amide bonds. The lowest BCUT2D eigenvalue weighted by atomic mass is 9.97. The summed E-state index contributed by atoms with van der Waals surface area (Å²) in [5.41, 5.74) is 0.339. The van der Waals surface area contributed by atoms with Gasteiger partial charge in [-0.25, -0.2) is 0 Å². The van der Waals surface area contributed by atoms with Gasteiger partial charge in [-0.1, -0.05) is 0 Å². The minimum atomic E-state index is -0.481. The lowest BCUT2D eigenvalue weighted by Gasteiger charge is -2.43. The van der Waals surface area contributed by atoms with Crippen LogP contribution in [0.3, 0.4) is 0 Å². The average Bonchev–Trinajstić information content (AvgIpc) is 2.88. The molecule has 3 fully saturated rings. The molecule has 1 aromatic heterocycles. The number of ether oxygens (including phenoxy) is 3. The standard InChI is InChI=1S/C19H27N3O4/c23-18-12-26-19(14-22(18)17-2-1-5-20-10-17)13-21(6-9-25-15-19)11-16-3-7-24-8-4-16/h1-2,5,10,16H,3-4,6-9,11-15H2. The van der Waals surface area contributed by atoms with Crippen LogP contribution < -0.4 is 4.90 Å². The molecule has 0 aliphatic carbocycles. The molecule has 26 heavy (non-hydrogen) atoms. The van der Waals surface area contributed by atoms with E-state index in [4.69, 9.17) is 14.2 Å². The monoisotopic (exact) mass is 361 g/mol. The van der Waals surface area contributed by atoms with Crippen LogP contribution in [0.15, 0.2) is 24.5 Å². The van der Waals surface area contributed by atoms with Crippen LogP contribution in [0.1, 0.15) is 12.8 Å². The summed E-state index contributed by atoms with van der Waals surface area (Å²) in [6.45, 7) is 6.26. The molecule has 7 heteroatoms. The van der Waals surface area contributed by atoms with Crippen LogP contribution in [0.2, 0.25) is 0 Å². The zero-order valence-electron chi connectivity index (χ0n) is 15.1. The summed E-state index contributed by atoms with van der Waals surface area (Å²) in [6.07, 6.45) is 5.68. The molecule has 0 bridgehead atoms. The molecule has 142 valence electrons. The second kappa shape index (κ2) is 8.00. The van der Waals surface area contributed by atoms with E-state index in [1.165, 1.54) is 0 Å². The van der Waals surface area contributed by atoms with Crippen molar-refractivity contribution in [2.45, 2.75) is 18.4 Å². The number of rotatable bonds is 3. The highest BCUT2D eigenvalue weighted by Crippen LogP contribution is 2.28. The topological polar surface area (TPSA) is 64.1 Å². The van der Waals surface area contributed by atoms with E-state index in [1.54, 1.807) is 17.3 Å². The van der Waals surface area contributed by atoms with Gasteiger partial charge >= 0.3 is 0 Å². The Kier molecular flexibility index (Phi) is 5.49. The predicted octanol–water partition coefficient (Wildman–Crippen LogP) is 0.942. The van der Waals surface area contributed by atoms with E-state index in [0.717, 1.165) is 51.4 Å². The van der Waals surface area contributed by atoms with E-state index in [2.05, 4.69) is 9.88 Å². The van der Waals surface area contributed by atoms with Gasteiger partial charge in [-0.3, -0.25) is 14.7 Å². The van der Waals surface area contributed by atoms with Gasteiger partial charge in [0.1, 0.15) is 12.2 Å². The van der Waals surface area contributed by atoms with Crippen LogP contribution in [0, 0.1) is 5.92 Å². The number of carbonyl (C=O) groups excluding carboxylic acids is 1. The zero-order valence-corrected chi connectivity index (χ0v) is 15.1. The molecule has 4 rings (SSSR count). The summed E-state index contributed by atoms with van der Waals surface area (Å²) in [7, 11) is 0. The molecular weight excluding hydrogens is 334 g/mol. The summed E-state index contributed by atoms with van der Waals surface area (Å²) in [5, 5.41) is 0. The quantitative estimate of drug-likeness (QED) is 0.799. The van der Waals surface area contributed by atoms with Crippen molar-refractivity contribution in [3.63, 3.8) is 0 Å². The molecule has 3 aliphatic heterocycles. The summed E-state index contributed by atoms with van der Waals surface area (Å²) >= 11 is 0. The van der Waals surface area contributed by atoms with E-state index in [1.807, 2.05) is 12.1 Å². The molecule has 7 nitrogen and oxygen atoms in total. The van der Waals surface area contributed by atoms with E-state index in [9.17, 15) is 4.79 Å². The molecule has 1 spiro atoms. The first kappa shape index (κ1) is 17.9. The Morgan fingerprint density at radius 3 is 2.88 bits per heavy atom. The van der Waals surface area contributed by atoms with Gasteiger partial charge in [-0.15, -0.1) is 0 Å². The summed E-state index contributed by atoms with van der Waals surface area (Å²) < 4.78 is 17.4. The summed E-state index contributed by atoms with van der Waals surface area (Å²) in [5.74, 6) is 0.641. The molecule has 1 aromatic rings. The number of hydrogen-bond acceptors (Lipinski definition) is 6. The van der Waals surface area contributed by atoms with E-state index in [0.29, 0.717) is 25.7 Å². The van der Waals surface area contributed by atoms with Gasteiger partial charge in [0.25, 0.3) is 5.91 Å². The molecule has 1 unspecified atom stereocenters. The summed E-state index contributed by atoms with van der Waals surface area (Å²) in [6, 6.07) is 3.77. The minimum absolute atomic E-state index is 0.0242. The van der Waals surface area contributed by atoms with Gasteiger partial charge in [-0.05, 0) is 30.9 Å². The smallest absolute Gasteiger partial charge is 0.253 e. The first-order valence-corrected chi connectivity index (χ1v) is 9.46. The first-order chi connectivity index (χ1) is 12.7. The summed E-state index contributed by atoms with van der Waals surface area (Å²) in [4.78, 5) is 20.8. The number of amides is 1. The third kappa shape index (κ3) is 4.06. The molecule has 0 N–H and O–H groups in total. The lowest BCUT2D eigenvalue weighted by Crippen LogP contribution is -2.61. The lowest BCUT2D eigenvalue weighted by molar-refractivity contribution is -0.146. The van der Waals surface area contributed by atoms with Gasteiger partial charge in [-0.2, -0.15) is 0 Å². The molecule has 3 aliphatic rings. The number of anilines is 1. The zero-order chi connectivity index (χ0) is 17.8. The minimum Gasteiger partial charge on any atom is -0.381 e. The van der Waals surface area contributed by atoms with E-state index < -0.39 is 5.60 Å². The normalized spacial score (nSPS) is 29.1. The number of carbonyl (C=O) groups is 1. The molecule has 3 saturated heterocycles. The number of aromatic nitrogens is 1.